The summed E-state index contributed by atoms with van der Waals surface area (Å²) in [7, 11) is 1.85. The first-order valence-electron chi connectivity index (χ1n) is 5.41. The highest BCUT2D eigenvalue weighted by Gasteiger charge is 2.07. The van der Waals surface area contributed by atoms with Crippen LogP contribution in [0.4, 0.5) is 0 Å². The van der Waals surface area contributed by atoms with E-state index >= 15 is 0 Å². The number of fused-ring (bicyclic) bond motifs is 1. The number of hydrogen-bond donors (Lipinski definition) is 1. The van der Waals surface area contributed by atoms with Gasteiger partial charge in [0.2, 0.25) is 0 Å². The van der Waals surface area contributed by atoms with E-state index in [-0.39, 0.29) is 6.42 Å². The van der Waals surface area contributed by atoms with Crippen LogP contribution in [-0.4, -0.2) is 20.9 Å². The summed E-state index contributed by atoms with van der Waals surface area (Å²) in [4.78, 5) is 10.4. The number of carboxylic acids is 1. The summed E-state index contributed by atoms with van der Waals surface area (Å²) in [5.74, 6) is -0.759. The molecule has 0 atom stereocenters. The summed E-state index contributed by atoms with van der Waals surface area (Å²) in [5.41, 5.74) is 2.07. The Morgan fingerprint density at radius 2 is 2.29 bits per heavy atom. The monoisotopic (exact) mass is 252 g/mol. The van der Waals surface area contributed by atoms with Gasteiger partial charge in [-0.05, 0) is 30.5 Å². The molecule has 1 aromatic carbocycles. The molecule has 0 bridgehead atoms. The van der Waals surface area contributed by atoms with Gasteiger partial charge in [0.05, 0.1) is 5.52 Å². The van der Waals surface area contributed by atoms with Gasteiger partial charge in [-0.25, -0.2) is 0 Å². The van der Waals surface area contributed by atoms with Gasteiger partial charge in [0.15, 0.2) is 5.15 Å². The standard InChI is InChI=1S/C12H13ClN2O2/c1-15-10-6-5-8(3-2-4-11(16)17)7-9(10)12(13)14-15/h5-7H,2-4H2,1H3,(H,16,17). The maximum atomic E-state index is 10.4. The minimum Gasteiger partial charge on any atom is -0.481 e. The SMILES string of the molecule is Cn1nc(Cl)c2cc(CCCC(=O)O)ccc21. The Labute approximate surface area is 104 Å². The fourth-order valence-electron chi connectivity index (χ4n) is 1.87. The fourth-order valence-corrected chi connectivity index (χ4v) is 2.13. The number of hydrogen-bond acceptors (Lipinski definition) is 2. The first kappa shape index (κ1) is 11.9. The highest BCUT2D eigenvalue weighted by Crippen LogP contribution is 2.23. The van der Waals surface area contributed by atoms with E-state index in [1.807, 2.05) is 25.2 Å². The lowest BCUT2D eigenvalue weighted by Crippen LogP contribution is -1.96. The maximum absolute atomic E-state index is 10.4. The third-order valence-electron chi connectivity index (χ3n) is 2.73. The van der Waals surface area contributed by atoms with Crippen LogP contribution in [0.3, 0.4) is 0 Å². The number of nitrogens with zero attached hydrogens (tertiary/aromatic N) is 2. The topological polar surface area (TPSA) is 55.1 Å². The summed E-state index contributed by atoms with van der Waals surface area (Å²) in [6.45, 7) is 0. The van der Waals surface area contributed by atoms with Gasteiger partial charge >= 0.3 is 5.97 Å². The van der Waals surface area contributed by atoms with Crippen LogP contribution in [0.2, 0.25) is 5.15 Å². The van der Waals surface area contributed by atoms with E-state index in [4.69, 9.17) is 16.7 Å². The average Bonchev–Trinajstić information content (AvgIpc) is 2.54. The van der Waals surface area contributed by atoms with Crippen LogP contribution in [0.5, 0.6) is 0 Å². The van der Waals surface area contributed by atoms with E-state index in [0.717, 1.165) is 22.9 Å². The van der Waals surface area contributed by atoms with Crippen molar-refractivity contribution in [2.45, 2.75) is 19.3 Å². The highest BCUT2D eigenvalue weighted by atomic mass is 35.5. The number of benzene rings is 1. The molecule has 1 N–H and O–H groups in total. The van der Waals surface area contributed by atoms with Gasteiger partial charge in [-0.1, -0.05) is 17.7 Å². The Balaban J connectivity index is 2.19. The minimum absolute atomic E-state index is 0.193. The van der Waals surface area contributed by atoms with Gasteiger partial charge in [-0.3, -0.25) is 9.48 Å². The summed E-state index contributed by atoms with van der Waals surface area (Å²) >= 11 is 6.01. The largest absolute Gasteiger partial charge is 0.481 e. The van der Waals surface area contributed by atoms with Crippen molar-refractivity contribution < 1.29 is 9.90 Å². The first-order valence-corrected chi connectivity index (χ1v) is 5.78. The van der Waals surface area contributed by atoms with Crippen molar-refractivity contribution in [3.05, 3.63) is 28.9 Å². The second kappa shape index (κ2) is 4.75. The Morgan fingerprint density at radius 3 is 3.00 bits per heavy atom. The lowest BCUT2D eigenvalue weighted by molar-refractivity contribution is -0.137. The third kappa shape index (κ3) is 2.58. The van der Waals surface area contributed by atoms with E-state index in [2.05, 4.69) is 5.10 Å². The predicted octanol–water partition coefficient (Wildman–Crippen LogP) is 2.63. The number of carboxylic acid groups (broad SMARTS) is 1. The zero-order valence-corrected chi connectivity index (χ0v) is 10.2. The van der Waals surface area contributed by atoms with Crippen LogP contribution >= 0.6 is 11.6 Å². The Bertz CT molecular complexity index is 563. The van der Waals surface area contributed by atoms with Gasteiger partial charge in [-0.15, -0.1) is 0 Å². The molecule has 0 unspecified atom stereocenters. The van der Waals surface area contributed by atoms with Crippen LogP contribution in [0.25, 0.3) is 10.9 Å². The van der Waals surface area contributed by atoms with E-state index in [1.54, 1.807) is 4.68 Å². The molecule has 2 aromatic rings. The van der Waals surface area contributed by atoms with Crippen LogP contribution in [0.1, 0.15) is 18.4 Å². The molecule has 0 saturated heterocycles. The van der Waals surface area contributed by atoms with Gasteiger partial charge < -0.3 is 5.11 Å². The molecule has 5 heteroatoms. The van der Waals surface area contributed by atoms with Crippen molar-refractivity contribution in [1.29, 1.82) is 0 Å². The number of aromatic nitrogens is 2. The zero-order chi connectivity index (χ0) is 12.4. The Morgan fingerprint density at radius 1 is 1.53 bits per heavy atom. The van der Waals surface area contributed by atoms with Crippen LogP contribution in [-0.2, 0) is 18.3 Å². The minimum atomic E-state index is -0.759. The van der Waals surface area contributed by atoms with Crippen LogP contribution < -0.4 is 0 Å². The lowest BCUT2D eigenvalue weighted by Gasteiger charge is -2.00. The second-order valence-electron chi connectivity index (χ2n) is 4.01. The molecule has 1 aromatic heterocycles. The predicted molar refractivity (Wildman–Crippen MR) is 66.3 cm³/mol. The van der Waals surface area contributed by atoms with Crippen molar-refractivity contribution in [3.8, 4) is 0 Å². The van der Waals surface area contributed by atoms with E-state index < -0.39 is 5.97 Å². The molecule has 0 aliphatic carbocycles. The molecule has 0 saturated carbocycles. The van der Waals surface area contributed by atoms with Crippen molar-refractivity contribution >= 4 is 28.5 Å². The normalized spacial score (nSPS) is 10.9. The molecule has 4 nitrogen and oxygen atoms in total. The number of carbonyl (C=O) groups is 1. The fraction of sp³-hybridized carbons (Fsp3) is 0.333. The summed E-state index contributed by atoms with van der Waals surface area (Å²) in [6, 6.07) is 5.93. The smallest absolute Gasteiger partial charge is 0.303 e. The number of aliphatic carboxylic acids is 1. The highest BCUT2D eigenvalue weighted by molar-refractivity contribution is 6.34. The van der Waals surface area contributed by atoms with Crippen LogP contribution in [0, 0.1) is 0 Å². The molecular formula is C12H13ClN2O2. The molecule has 17 heavy (non-hydrogen) atoms. The first-order chi connectivity index (χ1) is 8.08. The Hall–Kier alpha value is -1.55. The molecular weight excluding hydrogens is 240 g/mol. The van der Waals surface area contributed by atoms with E-state index in [9.17, 15) is 4.79 Å². The maximum Gasteiger partial charge on any atom is 0.303 e. The van der Waals surface area contributed by atoms with Gasteiger partial charge in [-0.2, -0.15) is 5.10 Å². The number of rotatable bonds is 4. The number of aryl methyl sites for hydroxylation is 2. The van der Waals surface area contributed by atoms with E-state index in [1.165, 1.54) is 0 Å². The lowest BCUT2D eigenvalue weighted by atomic mass is 10.1. The average molecular weight is 253 g/mol. The van der Waals surface area contributed by atoms with Crippen molar-refractivity contribution in [1.82, 2.24) is 9.78 Å². The summed E-state index contributed by atoms with van der Waals surface area (Å²) in [5, 5.41) is 14.1. The molecule has 0 fully saturated rings. The third-order valence-corrected chi connectivity index (χ3v) is 3.00. The van der Waals surface area contributed by atoms with Gasteiger partial charge in [0, 0.05) is 18.9 Å². The summed E-state index contributed by atoms with van der Waals surface area (Å²) < 4.78 is 1.73. The van der Waals surface area contributed by atoms with E-state index in [0.29, 0.717) is 11.6 Å². The molecule has 0 aliphatic rings. The molecule has 0 spiro atoms. The van der Waals surface area contributed by atoms with Gasteiger partial charge in [0.1, 0.15) is 0 Å². The van der Waals surface area contributed by atoms with Crippen LogP contribution in [0.15, 0.2) is 18.2 Å². The molecule has 0 amide bonds. The second-order valence-corrected chi connectivity index (χ2v) is 4.37. The molecule has 0 aliphatic heterocycles. The van der Waals surface area contributed by atoms with Crippen molar-refractivity contribution in [2.75, 3.05) is 0 Å². The molecule has 90 valence electrons. The molecule has 2 rings (SSSR count). The molecule has 1 heterocycles. The quantitative estimate of drug-likeness (QED) is 0.910. The van der Waals surface area contributed by atoms with Gasteiger partial charge in [0.25, 0.3) is 0 Å². The summed E-state index contributed by atoms with van der Waals surface area (Å²) in [6.07, 6.45) is 1.57. The zero-order valence-electron chi connectivity index (χ0n) is 9.48. The van der Waals surface area contributed by atoms with Crippen molar-refractivity contribution in [2.24, 2.45) is 7.05 Å². The Kier molecular flexibility index (Phi) is 3.33. The molecule has 0 radical (unpaired) electrons. The number of halogens is 1. The van der Waals surface area contributed by atoms with Crippen molar-refractivity contribution in [3.63, 3.8) is 0 Å².